The van der Waals surface area contributed by atoms with Crippen molar-refractivity contribution in [2.75, 3.05) is 11.8 Å². The van der Waals surface area contributed by atoms with Crippen LogP contribution in [0.2, 0.25) is 0 Å². The van der Waals surface area contributed by atoms with Crippen LogP contribution < -0.4 is 0 Å². The van der Waals surface area contributed by atoms with Gasteiger partial charge in [0.1, 0.15) is 10.0 Å². The molecule has 0 aliphatic rings. The Morgan fingerprint density at radius 3 is 1.75 bits per heavy atom. The second kappa shape index (κ2) is 4.86. The number of rotatable bonds is 3. The van der Waals surface area contributed by atoms with E-state index in [9.17, 15) is 4.21 Å². The molecule has 0 aromatic carbocycles. The van der Waals surface area contributed by atoms with E-state index in [4.69, 9.17) is 33.9 Å². The van der Waals surface area contributed by atoms with E-state index >= 15 is 0 Å². The highest BCUT2D eigenvalue weighted by Crippen LogP contribution is 2.04. The molecule has 0 rings (SSSR count). The summed E-state index contributed by atoms with van der Waals surface area (Å²) in [5, 5.41) is -0.278. The van der Waals surface area contributed by atoms with E-state index in [-0.39, 0.29) is 17.0 Å². The van der Waals surface area contributed by atoms with Crippen molar-refractivity contribution in [3.63, 3.8) is 0 Å². The Morgan fingerprint density at radius 2 is 1.75 bits per heavy atom. The van der Waals surface area contributed by atoms with Gasteiger partial charge in [-0.05, 0) is 10.7 Å². The van der Waals surface area contributed by atoms with Crippen molar-refractivity contribution < 1.29 is 4.21 Å². The zero-order valence-corrected chi connectivity index (χ0v) is 7.03. The molecule has 8 heavy (non-hydrogen) atoms. The number of hydrogen-bond acceptors (Lipinski definition) is 1. The van der Waals surface area contributed by atoms with Gasteiger partial charge in [0.15, 0.2) is 0 Å². The predicted octanol–water partition coefficient (Wildman–Crippen LogP) is 1.74. The second-order valence-corrected chi connectivity index (χ2v) is 3.87. The van der Waals surface area contributed by atoms with E-state index in [1.54, 1.807) is 0 Å². The third-order valence-electron chi connectivity index (χ3n) is 0.606. The molecular weight excluding hydrogens is 190 g/mol. The maximum Gasteiger partial charge on any atom is 0.120 e. The molecule has 0 N–H and O–H groups in total. The van der Waals surface area contributed by atoms with Crippen LogP contribution in [0.3, 0.4) is 0 Å². The number of hydrogen-bond donors (Lipinski definition) is 0. The van der Waals surface area contributed by atoms with Gasteiger partial charge in [-0.2, -0.15) is 0 Å². The van der Waals surface area contributed by atoms with Crippen LogP contribution in [0.25, 0.3) is 0 Å². The molecule has 5 heteroatoms. The molecule has 0 amide bonds. The lowest BCUT2D eigenvalue weighted by Gasteiger charge is -2.00. The average molecular weight is 195 g/mol. The minimum absolute atomic E-state index is 0.250. The molecule has 1 unspecified atom stereocenters. The first kappa shape index (κ1) is 9.02. The smallest absolute Gasteiger partial charge is 0.120 e. The van der Waals surface area contributed by atoms with Crippen molar-refractivity contribution in [2.24, 2.45) is 0 Å². The maximum absolute atomic E-state index is 10.3. The highest BCUT2D eigenvalue weighted by Gasteiger charge is 2.10. The standard InChI is InChI=1S/C3H5Cl3OS/c4-1-3(2-5)8(6)7/h3H,1-2H2. The van der Waals surface area contributed by atoms with Crippen molar-refractivity contribution >= 4 is 43.9 Å². The predicted molar refractivity (Wildman–Crippen MR) is 39.2 cm³/mol. The van der Waals surface area contributed by atoms with Gasteiger partial charge in [-0.25, -0.2) is 4.21 Å². The maximum atomic E-state index is 10.3. The fourth-order valence-electron chi connectivity index (χ4n) is 0.140. The molecule has 0 aliphatic carbocycles. The summed E-state index contributed by atoms with van der Waals surface area (Å²) in [6.07, 6.45) is 0. The molecular formula is C3H5Cl3OS. The molecule has 0 heterocycles. The van der Waals surface area contributed by atoms with Gasteiger partial charge in [0, 0.05) is 11.8 Å². The molecule has 0 aromatic rings. The Morgan fingerprint density at radius 1 is 1.38 bits per heavy atom. The van der Waals surface area contributed by atoms with Gasteiger partial charge in [0.2, 0.25) is 0 Å². The van der Waals surface area contributed by atoms with Crippen LogP contribution >= 0.6 is 33.9 Å². The van der Waals surface area contributed by atoms with E-state index in [1.807, 2.05) is 0 Å². The van der Waals surface area contributed by atoms with Gasteiger partial charge in [0.05, 0.1) is 5.25 Å². The normalized spacial score (nSPS) is 14.5. The van der Waals surface area contributed by atoms with Gasteiger partial charge >= 0.3 is 0 Å². The van der Waals surface area contributed by atoms with Crippen molar-refractivity contribution in [3.8, 4) is 0 Å². The third-order valence-corrected chi connectivity index (χ3v) is 3.33. The zero-order valence-electron chi connectivity index (χ0n) is 3.94. The summed E-state index contributed by atoms with van der Waals surface area (Å²) in [5.41, 5.74) is 0. The first-order valence-corrected chi connectivity index (χ1v) is 5.02. The Hall–Kier alpha value is 1.02. The molecule has 0 spiro atoms. The summed E-state index contributed by atoms with van der Waals surface area (Å²) in [5.74, 6) is 0.499. The summed E-state index contributed by atoms with van der Waals surface area (Å²) in [7, 11) is 3.75. The van der Waals surface area contributed by atoms with Crippen molar-refractivity contribution in [1.29, 1.82) is 0 Å². The fourth-order valence-corrected chi connectivity index (χ4v) is 2.12. The molecule has 50 valence electrons. The number of halogens is 3. The first-order chi connectivity index (χ1) is 3.72. The van der Waals surface area contributed by atoms with E-state index in [0.29, 0.717) is 0 Å². The Bertz CT molecular complexity index is 82.6. The van der Waals surface area contributed by atoms with Gasteiger partial charge in [-0.1, -0.05) is 0 Å². The monoisotopic (exact) mass is 194 g/mol. The quantitative estimate of drug-likeness (QED) is 0.495. The molecule has 1 atom stereocenters. The topological polar surface area (TPSA) is 17.1 Å². The Labute approximate surface area is 65.3 Å². The highest BCUT2D eigenvalue weighted by molar-refractivity contribution is 8.08. The van der Waals surface area contributed by atoms with E-state index in [0.717, 1.165) is 0 Å². The lowest BCUT2D eigenvalue weighted by Crippen LogP contribution is -2.14. The minimum Gasteiger partial charge on any atom is -0.242 e. The zero-order chi connectivity index (χ0) is 6.57. The summed E-state index contributed by atoms with van der Waals surface area (Å²) in [4.78, 5) is 0. The fraction of sp³-hybridized carbons (Fsp3) is 1.00. The molecule has 0 aromatic heterocycles. The van der Waals surface area contributed by atoms with E-state index < -0.39 is 10.0 Å². The van der Waals surface area contributed by atoms with Gasteiger partial charge in [0.25, 0.3) is 0 Å². The molecule has 0 bridgehead atoms. The van der Waals surface area contributed by atoms with Gasteiger partial charge in [-0.3, -0.25) is 0 Å². The van der Waals surface area contributed by atoms with Crippen LogP contribution in [0.15, 0.2) is 0 Å². The van der Waals surface area contributed by atoms with Crippen molar-refractivity contribution in [2.45, 2.75) is 5.25 Å². The minimum atomic E-state index is -1.40. The van der Waals surface area contributed by atoms with Gasteiger partial charge in [-0.15, -0.1) is 23.2 Å². The molecule has 0 saturated heterocycles. The lowest BCUT2D eigenvalue weighted by molar-refractivity contribution is 0.686. The highest BCUT2D eigenvalue weighted by atomic mass is 35.7. The average Bonchev–Trinajstić information content (AvgIpc) is 1.69. The van der Waals surface area contributed by atoms with Crippen LogP contribution in [0, 0.1) is 0 Å². The number of alkyl halides is 2. The molecule has 0 radical (unpaired) electrons. The second-order valence-electron chi connectivity index (χ2n) is 1.18. The summed E-state index contributed by atoms with van der Waals surface area (Å²) < 4.78 is 10.3. The van der Waals surface area contributed by atoms with Crippen LogP contribution in [-0.2, 0) is 10.0 Å². The van der Waals surface area contributed by atoms with E-state index in [1.165, 1.54) is 0 Å². The van der Waals surface area contributed by atoms with Crippen LogP contribution in [0.5, 0.6) is 0 Å². The lowest BCUT2D eigenvalue weighted by atomic mass is 10.6. The Balaban J connectivity index is 3.52. The summed E-state index contributed by atoms with van der Waals surface area (Å²) in [6, 6.07) is 0. The molecule has 0 fully saturated rings. The molecule has 0 saturated carbocycles. The van der Waals surface area contributed by atoms with Crippen molar-refractivity contribution in [1.82, 2.24) is 0 Å². The largest absolute Gasteiger partial charge is 0.242 e. The third kappa shape index (κ3) is 3.13. The SMILES string of the molecule is O=S(Cl)C(CCl)CCl. The Kier molecular flexibility index (Phi) is 5.48. The molecule has 0 aliphatic heterocycles. The summed E-state index contributed by atoms with van der Waals surface area (Å²) >= 11 is 10.6. The summed E-state index contributed by atoms with van der Waals surface area (Å²) in [6.45, 7) is 0. The van der Waals surface area contributed by atoms with Crippen LogP contribution in [-0.4, -0.2) is 21.2 Å². The van der Waals surface area contributed by atoms with Gasteiger partial charge < -0.3 is 0 Å². The first-order valence-electron chi connectivity index (χ1n) is 1.91. The molecule has 1 nitrogen and oxygen atoms in total. The van der Waals surface area contributed by atoms with Crippen molar-refractivity contribution in [3.05, 3.63) is 0 Å². The van der Waals surface area contributed by atoms with Crippen LogP contribution in [0.1, 0.15) is 0 Å². The van der Waals surface area contributed by atoms with E-state index in [2.05, 4.69) is 0 Å². The van der Waals surface area contributed by atoms with Crippen LogP contribution in [0.4, 0.5) is 0 Å².